The Morgan fingerprint density at radius 3 is 2.60 bits per heavy atom. The molecule has 3 aromatic rings. The van der Waals surface area contributed by atoms with Gasteiger partial charge in [0.05, 0.1) is 0 Å². The van der Waals surface area contributed by atoms with E-state index in [4.69, 9.17) is 9.15 Å². The van der Waals surface area contributed by atoms with Gasteiger partial charge in [0.15, 0.2) is 5.76 Å². The van der Waals surface area contributed by atoms with Crippen molar-refractivity contribution in [1.29, 1.82) is 0 Å². The van der Waals surface area contributed by atoms with Gasteiger partial charge in [-0.05, 0) is 67.4 Å². The number of anilines is 1. The minimum absolute atomic E-state index is 0.155. The maximum absolute atomic E-state index is 12.9. The Morgan fingerprint density at radius 2 is 1.84 bits per heavy atom. The molecule has 3 rings (SSSR count). The molecule has 5 heteroatoms. The molecule has 0 atom stereocenters. The summed E-state index contributed by atoms with van der Waals surface area (Å²) in [5.74, 6) is 0.603. The highest BCUT2D eigenvalue weighted by atomic mass is 19.1. The first-order valence-electron chi connectivity index (χ1n) is 7.87. The number of aryl methyl sites for hydroxylation is 2. The molecule has 0 saturated carbocycles. The zero-order valence-electron chi connectivity index (χ0n) is 14.0. The lowest BCUT2D eigenvalue weighted by molar-refractivity contribution is 0.0992. The maximum Gasteiger partial charge on any atom is 0.291 e. The first-order valence-corrected chi connectivity index (χ1v) is 7.87. The zero-order valence-corrected chi connectivity index (χ0v) is 14.0. The number of nitrogens with one attached hydrogen (secondary N) is 1. The normalized spacial score (nSPS) is 10.5. The van der Waals surface area contributed by atoms with Crippen LogP contribution in [0.1, 0.15) is 27.4 Å². The molecule has 0 aliphatic rings. The lowest BCUT2D eigenvalue weighted by atomic mass is 10.1. The minimum Gasteiger partial charge on any atom is -0.486 e. The van der Waals surface area contributed by atoms with E-state index < -0.39 is 0 Å². The van der Waals surface area contributed by atoms with Gasteiger partial charge in [-0.3, -0.25) is 4.79 Å². The van der Waals surface area contributed by atoms with Gasteiger partial charge in [-0.2, -0.15) is 0 Å². The minimum atomic E-state index is -0.323. The molecule has 0 fully saturated rings. The van der Waals surface area contributed by atoms with Crippen LogP contribution in [0.3, 0.4) is 0 Å². The second-order valence-corrected chi connectivity index (χ2v) is 5.78. The Labute approximate surface area is 145 Å². The Kier molecular flexibility index (Phi) is 4.84. The van der Waals surface area contributed by atoms with Crippen molar-refractivity contribution in [1.82, 2.24) is 0 Å². The summed E-state index contributed by atoms with van der Waals surface area (Å²) in [5, 5.41) is 2.85. The van der Waals surface area contributed by atoms with Crippen LogP contribution < -0.4 is 10.1 Å². The van der Waals surface area contributed by atoms with Crippen LogP contribution in [0.15, 0.2) is 59.0 Å². The molecule has 0 unspecified atom stereocenters. The molecule has 128 valence electrons. The van der Waals surface area contributed by atoms with E-state index >= 15 is 0 Å². The summed E-state index contributed by atoms with van der Waals surface area (Å²) in [4.78, 5) is 12.3. The number of rotatable bonds is 5. The molecule has 25 heavy (non-hydrogen) atoms. The summed E-state index contributed by atoms with van der Waals surface area (Å²) in [5.41, 5.74) is 2.80. The molecule has 1 aromatic heterocycles. The van der Waals surface area contributed by atoms with Crippen molar-refractivity contribution in [2.75, 3.05) is 5.32 Å². The fourth-order valence-corrected chi connectivity index (χ4v) is 2.32. The molecule has 4 nitrogen and oxygen atoms in total. The molecule has 0 radical (unpaired) electrons. The summed E-state index contributed by atoms with van der Waals surface area (Å²) < 4.78 is 23.9. The van der Waals surface area contributed by atoms with Gasteiger partial charge in [0, 0.05) is 5.69 Å². The first kappa shape index (κ1) is 16.8. The molecule has 0 bridgehead atoms. The van der Waals surface area contributed by atoms with Crippen LogP contribution in [0.5, 0.6) is 5.75 Å². The Hall–Kier alpha value is -3.08. The van der Waals surface area contributed by atoms with Crippen LogP contribution in [-0.4, -0.2) is 5.91 Å². The molecule has 0 aliphatic carbocycles. The summed E-state index contributed by atoms with van der Waals surface area (Å²) in [7, 11) is 0. The summed E-state index contributed by atoms with van der Waals surface area (Å²) in [6, 6.07) is 14.8. The second kappa shape index (κ2) is 7.21. The third kappa shape index (κ3) is 4.26. The topological polar surface area (TPSA) is 51.5 Å². The van der Waals surface area contributed by atoms with E-state index in [1.165, 1.54) is 24.3 Å². The van der Waals surface area contributed by atoms with Crippen LogP contribution in [0, 0.1) is 19.7 Å². The first-order chi connectivity index (χ1) is 12.0. The number of hydrogen-bond acceptors (Lipinski definition) is 3. The number of carbonyl (C=O) groups excluding carboxylic acids is 1. The van der Waals surface area contributed by atoms with Gasteiger partial charge in [0.2, 0.25) is 0 Å². The maximum atomic E-state index is 12.9. The van der Waals surface area contributed by atoms with Gasteiger partial charge in [-0.1, -0.05) is 12.1 Å². The van der Waals surface area contributed by atoms with Gasteiger partial charge in [0.1, 0.15) is 23.9 Å². The molecule has 2 aromatic carbocycles. The smallest absolute Gasteiger partial charge is 0.291 e. The largest absolute Gasteiger partial charge is 0.486 e. The molecular formula is C20H18FNO3. The van der Waals surface area contributed by atoms with Gasteiger partial charge < -0.3 is 14.5 Å². The monoisotopic (exact) mass is 339 g/mol. The quantitative estimate of drug-likeness (QED) is 0.722. The lowest BCUT2D eigenvalue weighted by Crippen LogP contribution is -2.12. The summed E-state index contributed by atoms with van der Waals surface area (Å²) >= 11 is 0. The van der Waals surface area contributed by atoms with E-state index in [2.05, 4.69) is 5.32 Å². The van der Waals surface area contributed by atoms with Crippen molar-refractivity contribution in [2.45, 2.75) is 20.5 Å². The standard InChI is InChI=1S/C20H18FNO3/c1-13-3-4-14(2)18(11-13)22-20(23)19-10-9-17(25-19)12-24-16-7-5-15(21)6-8-16/h3-11H,12H2,1-2H3,(H,22,23). The van der Waals surface area contributed by atoms with Crippen molar-refractivity contribution >= 4 is 11.6 Å². The third-order valence-corrected chi connectivity index (χ3v) is 3.72. The number of ether oxygens (including phenoxy) is 1. The SMILES string of the molecule is Cc1ccc(C)c(NC(=O)c2ccc(COc3ccc(F)cc3)o2)c1. The average molecular weight is 339 g/mol. The van der Waals surface area contributed by atoms with Crippen molar-refractivity contribution < 1.29 is 18.3 Å². The molecule has 0 spiro atoms. The zero-order chi connectivity index (χ0) is 17.8. The second-order valence-electron chi connectivity index (χ2n) is 5.78. The van der Waals surface area contributed by atoms with Gasteiger partial charge in [-0.15, -0.1) is 0 Å². The highest BCUT2D eigenvalue weighted by Gasteiger charge is 2.13. The van der Waals surface area contributed by atoms with E-state index in [0.717, 1.165) is 16.8 Å². The number of carbonyl (C=O) groups is 1. The van der Waals surface area contributed by atoms with Gasteiger partial charge in [-0.25, -0.2) is 4.39 Å². The van der Waals surface area contributed by atoms with Crippen LogP contribution >= 0.6 is 0 Å². The predicted octanol–water partition coefficient (Wildman–Crippen LogP) is 4.87. The van der Waals surface area contributed by atoms with Gasteiger partial charge in [0.25, 0.3) is 5.91 Å². The highest BCUT2D eigenvalue weighted by molar-refractivity contribution is 6.02. The van der Waals surface area contributed by atoms with E-state index in [0.29, 0.717) is 11.5 Å². The Balaban J connectivity index is 1.63. The molecular weight excluding hydrogens is 321 g/mol. The fourth-order valence-electron chi connectivity index (χ4n) is 2.32. The Bertz CT molecular complexity index is 884. The van der Waals surface area contributed by atoms with Crippen molar-refractivity contribution in [3.63, 3.8) is 0 Å². The molecule has 1 amide bonds. The summed E-state index contributed by atoms with van der Waals surface area (Å²) in [6.07, 6.45) is 0. The number of halogens is 1. The van der Waals surface area contributed by atoms with Crippen molar-refractivity contribution in [2.24, 2.45) is 0 Å². The van der Waals surface area contributed by atoms with E-state index in [-0.39, 0.29) is 24.1 Å². The van der Waals surface area contributed by atoms with E-state index in [9.17, 15) is 9.18 Å². The number of hydrogen-bond donors (Lipinski definition) is 1. The molecule has 0 aliphatic heterocycles. The van der Waals surface area contributed by atoms with E-state index in [1.807, 2.05) is 32.0 Å². The molecule has 1 heterocycles. The van der Waals surface area contributed by atoms with Crippen LogP contribution in [-0.2, 0) is 6.61 Å². The highest BCUT2D eigenvalue weighted by Crippen LogP contribution is 2.19. The molecule has 0 saturated heterocycles. The predicted molar refractivity (Wildman–Crippen MR) is 93.3 cm³/mol. The van der Waals surface area contributed by atoms with Crippen LogP contribution in [0.25, 0.3) is 0 Å². The molecule has 1 N–H and O–H groups in total. The number of benzene rings is 2. The van der Waals surface area contributed by atoms with Crippen molar-refractivity contribution in [3.05, 3.63) is 83.1 Å². The lowest BCUT2D eigenvalue weighted by Gasteiger charge is -2.08. The summed E-state index contributed by atoms with van der Waals surface area (Å²) in [6.45, 7) is 4.05. The van der Waals surface area contributed by atoms with Crippen molar-refractivity contribution in [3.8, 4) is 5.75 Å². The van der Waals surface area contributed by atoms with Crippen LogP contribution in [0.4, 0.5) is 10.1 Å². The Morgan fingerprint density at radius 1 is 1.08 bits per heavy atom. The van der Waals surface area contributed by atoms with Crippen LogP contribution in [0.2, 0.25) is 0 Å². The fraction of sp³-hybridized carbons (Fsp3) is 0.150. The third-order valence-electron chi connectivity index (χ3n) is 3.72. The average Bonchev–Trinajstić information content (AvgIpc) is 3.07. The van der Waals surface area contributed by atoms with Gasteiger partial charge >= 0.3 is 0 Å². The van der Waals surface area contributed by atoms with E-state index in [1.54, 1.807) is 12.1 Å². The number of furan rings is 1. The number of amides is 1.